The fraction of sp³-hybridized carbons (Fsp3) is 0.125. The molecule has 0 fully saturated rings. The van der Waals surface area contributed by atoms with Crippen LogP contribution in [0.25, 0.3) is 6.08 Å². The summed E-state index contributed by atoms with van der Waals surface area (Å²) in [6.07, 6.45) is 6.23. The van der Waals surface area contributed by atoms with Gasteiger partial charge >= 0.3 is 0 Å². The summed E-state index contributed by atoms with van der Waals surface area (Å²) in [7, 11) is 1.73. The minimum absolute atomic E-state index is 0.347. The Balaban J connectivity index is 2.62. The molecule has 0 N–H and O–H groups in total. The van der Waals surface area contributed by atoms with Crippen molar-refractivity contribution in [3.05, 3.63) is 71.3 Å². The molecule has 1 aliphatic heterocycles. The van der Waals surface area contributed by atoms with Crippen molar-refractivity contribution in [2.45, 2.75) is 6.42 Å². The molecule has 0 unspecified atom stereocenters. The normalized spacial score (nSPS) is 21.1. The number of nitrogens with zero attached hydrogens (tertiary/aromatic N) is 2. The van der Waals surface area contributed by atoms with Crippen LogP contribution in [0.1, 0.15) is 6.42 Å². The number of hydrogen-bond donors (Lipinski definition) is 0. The van der Waals surface area contributed by atoms with Crippen LogP contribution in [-0.4, -0.2) is 13.3 Å². The number of rotatable bonds is 2. The number of hydrogen-bond acceptors (Lipinski definition) is 3. The Morgan fingerprint density at radius 2 is 2.16 bits per heavy atom. The van der Waals surface area contributed by atoms with Crippen molar-refractivity contribution >= 4 is 12.3 Å². The van der Waals surface area contributed by atoms with Crippen LogP contribution in [0.5, 0.6) is 0 Å². The summed E-state index contributed by atoms with van der Waals surface area (Å²) >= 11 is 0. The molecule has 2 rings (SSSR count). The molecule has 1 aromatic carbocycles. The lowest BCUT2D eigenvalue weighted by molar-refractivity contribution is 0.314. The van der Waals surface area contributed by atoms with Crippen molar-refractivity contribution in [2.75, 3.05) is 7.05 Å². The highest BCUT2D eigenvalue weighted by atomic mass is 16.5. The Morgan fingerprint density at radius 3 is 2.89 bits per heavy atom. The van der Waals surface area contributed by atoms with E-state index in [1.54, 1.807) is 19.3 Å². The molecule has 0 amide bonds. The van der Waals surface area contributed by atoms with Gasteiger partial charge < -0.3 is 4.74 Å². The van der Waals surface area contributed by atoms with Crippen molar-refractivity contribution < 1.29 is 4.74 Å². The molecule has 3 nitrogen and oxygen atoms in total. The van der Waals surface area contributed by atoms with Crippen LogP contribution in [0.4, 0.5) is 0 Å². The second-order valence-corrected chi connectivity index (χ2v) is 4.06. The van der Waals surface area contributed by atoms with Crippen LogP contribution in [0.15, 0.2) is 70.7 Å². The van der Waals surface area contributed by atoms with Crippen molar-refractivity contribution in [3.8, 4) is 0 Å². The van der Waals surface area contributed by atoms with Gasteiger partial charge in [0.1, 0.15) is 5.76 Å². The standard InChI is InChI=1S/C16H16N2O/c1-4-16-14(11-17-3)10-9-13-7-5-6-8-15(13)18-12(2)19-16/h4-9,11H,1-2,10H2,3H3/b13-9-,16-14+,17-11?,18-15?. The zero-order chi connectivity index (χ0) is 13.7. The van der Waals surface area contributed by atoms with Crippen LogP contribution in [-0.2, 0) is 4.74 Å². The smallest absolute Gasteiger partial charge is 0.212 e. The number of benzene rings is 1. The minimum atomic E-state index is 0.347. The van der Waals surface area contributed by atoms with E-state index in [0.29, 0.717) is 18.1 Å². The molecule has 0 aliphatic carbocycles. The van der Waals surface area contributed by atoms with Gasteiger partial charge in [-0.1, -0.05) is 30.9 Å². The first-order chi connectivity index (χ1) is 9.24. The van der Waals surface area contributed by atoms with Crippen LogP contribution < -0.4 is 10.6 Å². The molecule has 0 aromatic heterocycles. The molecule has 1 aromatic rings. The zero-order valence-corrected chi connectivity index (χ0v) is 11.0. The number of para-hydroxylation sites is 1. The van der Waals surface area contributed by atoms with Crippen LogP contribution in [0, 0.1) is 0 Å². The van der Waals surface area contributed by atoms with Crippen molar-refractivity contribution in [1.29, 1.82) is 0 Å². The summed E-state index contributed by atoms with van der Waals surface area (Å²) in [5.74, 6) is 0.989. The molecule has 19 heavy (non-hydrogen) atoms. The van der Waals surface area contributed by atoms with Gasteiger partial charge in [0.05, 0.1) is 5.36 Å². The molecule has 0 saturated carbocycles. The van der Waals surface area contributed by atoms with Gasteiger partial charge in [0.2, 0.25) is 5.88 Å². The fourth-order valence-corrected chi connectivity index (χ4v) is 1.88. The Bertz CT molecular complexity index is 681. The summed E-state index contributed by atoms with van der Waals surface area (Å²) in [5.41, 5.74) is 0.950. The number of fused-ring (bicyclic) bond motifs is 1. The quantitative estimate of drug-likeness (QED) is 0.742. The van der Waals surface area contributed by atoms with E-state index < -0.39 is 0 Å². The second-order valence-electron chi connectivity index (χ2n) is 4.06. The summed E-state index contributed by atoms with van der Waals surface area (Å²) in [4.78, 5) is 8.43. The summed E-state index contributed by atoms with van der Waals surface area (Å²) in [5, 5.41) is 1.91. The summed E-state index contributed by atoms with van der Waals surface area (Å²) in [6, 6.07) is 7.88. The molecule has 0 spiro atoms. The van der Waals surface area contributed by atoms with E-state index in [0.717, 1.165) is 16.1 Å². The van der Waals surface area contributed by atoms with E-state index in [1.165, 1.54) is 0 Å². The predicted octanol–water partition coefficient (Wildman–Crippen LogP) is 2.12. The average molecular weight is 252 g/mol. The fourth-order valence-electron chi connectivity index (χ4n) is 1.88. The number of aliphatic imine (C=N–C) groups is 1. The van der Waals surface area contributed by atoms with Crippen molar-refractivity contribution in [1.82, 2.24) is 0 Å². The highest BCUT2D eigenvalue weighted by Gasteiger charge is 2.06. The van der Waals surface area contributed by atoms with Gasteiger partial charge in [-0.25, -0.2) is 4.99 Å². The topological polar surface area (TPSA) is 34.0 Å². The minimum Gasteiger partial charge on any atom is -0.439 e. The Morgan fingerprint density at radius 1 is 1.37 bits per heavy atom. The van der Waals surface area contributed by atoms with Crippen LogP contribution in [0.2, 0.25) is 0 Å². The first-order valence-corrected chi connectivity index (χ1v) is 6.03. The van der Waals surface area contributed by atoms with E-state index in [2.05, 4.69) is 29.2 Å². The van der Waals surface area contributed by atoms with Gasteiger partial charge in [0, 0.05) is 18.8 Å². The third-order valence-electron chi connectivity index (χ3n) is 2.74. The van der Waals surface area contributed by atoms with Gasteiger partial charge in [0.15, 0.2) is 0 Å². The SMILES string of the molecule is C=C/C1=C(\C=NC)C/C=c2/ccccc2=NC(=C)O1. The lowest BCUT2D eigenvalue weighted by Crippen LogP contribution is -2.24. The van der Waals surface area contributed by atoms with Crippen molar-refractivity contribution in [3.63, 3.8) is 0 Å². The molecule has 0 saturated heterocycles. The molecule has 0 radical (unpaired) electrons. The molecule has 1 aliphatic rings. The predicted molar refractivity (Wildman–Crippen MR) is 78.2 cm³/mol. The van der Waals surface area contributed by atoms with Gasteiger partial charge in [-0.15, -0.1) is 0 Å². The average Bonchev–Trinajstić information content (AvgIpc) is 2.48. The van der Waals surface area contributed by atoms with E-state index >= 15 is 0 Å². The lowest BCUT2D eigenvalue weighted by atomic mass is 10.1. The van der Waals surface area contributed by atoms with Crippen LogP contribution in [0.3, 0.4) is 0 Å². The third-order valence-corrected chi connectivity index (χ3v) is 2.74. The van der Waals surface area contributed by atoms with Gasteiger partial charge in [0.25, 0.3) is 0 Å². The maximum absolute atomic E-state index is 5.63. The monoisotopic (exact) mass is 252 g/mol. The highest BCUT2D eigenvalue weighted by Crippen LogP contribution is 2.15. The third kappa shape index (κ3) is 3.07. The Kier molecular flexibility index (Phi) is 4.08. The molecule has 1 heterocycles. The number of allylic oxidation sites excluding steroid dienone is 2. The van der Waals surface area contributed by atoms with Crippen molar-refractivity contribution in [2.24, 2.45) is 9.98 Å². The molecule has 0 atom stereocenters. The molecular formula is C16H16N2O. The maximum atomic E-state index is 5.63. The lowest BCUT2D eigenvalue weighted by Gasteiger charge is -2.07. The Labute approximate surface area is 112 Å². The largest absolute Gasteiger partial charge is 0.439 e. The zero-order valence-electron chi connectivity index (χ0n) is 11.0. The highest BCUT2D eigenvalue weighted by molar-refractivity contribution is 5.81. The van der Waals surface area contributed by atoms with Gasteiger partial charge in [-0.3, -0.25) is 4.99 Å². The van der Waals surface area contributed by atoms with Crippen LogP contribution >= 0.6 is 0 Å². The summed E-state index contributed by atoms with van der Waals surface area (Å²) in [6.45, 7) is 7.58. The van der Waals surface area contributed by atoms with Gasteiger partial charge in [-0.05, 0) is 30.4 Å². The van der Waals surface area contributed by atoms with E-state index in [9.17, 15) is 0 Å². The van der Waals surface area contributed by atoms with Gasteiger partial charge in [-0.2, -0.15) is 0 Å². The maximum Gasteiger partial charge on any atom is 0.212 e. The van der Waals surface area contributed by atoms with E-state index in [1.807, 2.05) is 24.3 Å². The molecule has 96 valence electrons. The number of ether oxygens (including phenoxy) is 1. The molecular weight excluding hydrogens is 236 g/mol. The molecule has 0 bridgehead atoms. The van der Waals surface area contributed by atoms with E-state index in [4.69, 9.17) is 4.74 Å². The van der Waals surface area contributed by atoms with E-state index in [-0.39, 0.29) is 0 Å². The second kappa shape index (κ2) is 5.96. The molecule has 3 heteroatoms. The summed E-state index contributed by atoms with van der Waals surface area (Å²) < 4.78 is 5.63. The first kappa shape index (κ1) is 13.0. The first-order valence-electron chi connectivity index (χ1n) is 6.03. The Hall–Kier alpha value is -2.42.